The van der Waals surface area contributed by atoms with Crippen LogP contribution in [-0.2, 0) is 4.79 Å². The molecule has 23 heavy (non-hydrogen) atoms. The average Bonchev–Trinajstić information content (AvgIpc) is 2.96. The minimum atomic E-state index is 0.0277. The third-order valence-corrected chi connectivity index (χ3v) is 5.18. The van der Waals surface area contributed by atoms with Gasteiger partial charge in [0, 0.05) is 19.0 Å². The van der Waals surface area contributed by atoms with Crippen LogP contribution < -0.4 is 10.6 Å². The van der Waals surface area contributed by atoms with Crippen molar-refractivity contribution in [2.24, 2.45) is 11.3 Å². The Hall–Kier alpha value is -1.59. The lowest BCUT2D eigenvalue weighted by molar-refractivity contribution is -0.121. The van der Waals surface area contributed by atoms with Gasteiger partial charge in [0.2, 0.25) is 5.91 Å². The topological polar surface area (TPSA) is 64.6 Å². The van der Waals surface area contributed by atoms with Gasteiger partial charge in [-0.1, -0.05) is 19.1 Å². The summed E-state index contributed by atoms with van der Waals surface area (Å²) in [6, 6.07) is 6.89. The Morgan fingerprint density at radius 2 is 2.13 bits per heavy atom. The molecule has 1 aromatic rings. The zero-order valence-corrected chi connectivity index (χ0v) is 13.8. The lowest BCUT2D eigenvalue weighted by Gasteiger charge is -2.36. The van der Waals surface area contributed by atoms with Crippen molar-refractivity contribution in [3.63, 3.8) is 0 Å². The van der Waals surface area contributed by atoms with Crippen LogP contribution in [0.15, 0.2) is 24.3 Å². The predicted molar refractivity (Wildman–Crippen MR) is 91.5 cm³/mol. The van der Waals surface area contributed by atoms with Crippen molar-refractivity contribution in [3.8, 4) is 5.75 Å². The van der Waals surface area contributed by atoms with E-state index in [-0.39, 0.29) is 17.6 Å². The number of phenols is 1. The van der Waals surface area contributed by atoms with E-state index in [9.17, 15) is 9.90 Å². The summed E-state index contributed by atoms with van der Waals surface area (Å²) in [4.78, 5) is 14.9. The molecule has 2 heterocycles. The first-order valence-electron chi connectivity index (χ1n) is 8.58. The molecule has 2 fully saturated rings. The number of nitrogens with one attached hydrogen (secondary N) is 2. The van der Waals surface area contributed by atoms with E-state index in [1.54, 1.807) is 18.2 Å². The SMILES string of the molecule is CC1(CN2CCC(C(=O)Nc3ccccc3O)CC2)CCNC1. The molecule has 2 saturated heterocycles. The highest BCUT2D eigenvalue weighted by Gasteiger charge is 2.33. The van der Waals surface area contributed by atoms with Crippen molar-refractivity contribution in [2.75, 3.05) is 38.0 Å². The minimum Gasteiger partial charge on any atom is -0.506 e. The zero-order chi connectivity index (χ0) is 16.3. The number of amides is 1. The largest absolute Gasteiger partial charge is 0.506 e. The zero-order valence-electron chi connectivity index (χ0n) is 13.8. The molecule has 1 atom stereocenters. The van der Waals surface area contributed by atoms with Gasteiger partial charge in [-0.25, -0.2) is 0 Å². The maximum atomic E-state index is 12.4. The second-order valence-electron chi connectivity index (χ2n) is 7.29. The molecule has 0 saturated carbocycles. The highest BCUT2D eigenvalue weighted by Crippen LogP contribution is 2.29. The normalized spacial score (nSPS) is 26.3. The summed E-state index contributed by atoms with van der Waals surface area (Å²) in [5.74, 6) is 0.195. The number of hydrogen-bond donors (Lipinski definition) is 3. The highest BCUT2D eigenvalue weighted by molar-refractivity contribution is 5.93. The predicted octanol–water partition coefficient (Wildman–Crippen LogP) is 2.04. The van der Waals surface area contributed by atoms with E-state index in [2.05, 4.69) is 22.5 Å². The first-order chi connectivity index (χ1) is 11.1. The van der Waals surface area contributed by atoms with Crippen molar-refractivity contribution in [1.82, 2.24) is 10.2 Å². The number of benzene rings is 1. The fourth-order valence-electron chi connectivity index (χ4n) is 3.71. The van der Waals surface area contributed by atoms with E-state index in [1.165, 1.54) is 6.42 Å². The molecular formula is C18H27N3O2. The summed E-state index contributed by atoms with van der Waals surface area (Å²) in [5.41, 5.74) is 0.884. The Morgan fingerprint density at radius 3 is 2.78 bits per heavy atom. The first-order valence-corrected chi connectivity index (χ1v) is 8.58. The Labute approximate surface area is 138 Å². The first kappa shape index (κ1) is 16.3. The van der Waals surface area contributed by atoms with E-state index in [0.29, 0.717) is 11.1 Å². The van der Waals surface area contributed by atoms with Crippen molar-refractivity contribution in [2.45, 2.75) is 26.2 Å². The van der Waals surface area contributed by atoms with Gasteiger partial charge in [0.25, 0.3) is 0 Å². The number of carbonyl (C=O) groups excluding carboxylic acids is 1. The monoisotopic (exact) mass is 317 g/mol. The fourth-order valence-corrected chi connectivity index (χ4v) is 3.71. The van der Waals surface area contributed by atoms with Crippen LogP contribution in [0.1, 0.15) is 26.2 Å². The van der Waals surface area contributed by atoms with Gasteiger partial charge in [-0.15, -0.1) is 0 Å². The number of rotatable bonds is 4. The van der Waals surface area contributed by atoms with E-state index in [0.717, 1.165) is 45.6 Å². The smallest absolute Gasteiger partial charge is 0.227 e. The van der Waals surface area contributed by atoms with Crippen molar-refractivity contribution in [3.05, 3.63) is 24.3 Å². The van der Waals surface area contributed by atoms with Crippen molar-refractivity contribution >= 4 is 11.6 Å². The van der Waals surface area contributed by atoms with Crippen LogP contribution in [0.5, 0.6) is 5.75 Å². The van der Waals surface area contributed by atoms with Crippen LogP contribution >= 0.6 is 0 Å². The summed E-state index contributed by atoms with van der Waals surface area (Å²) >= 11 is 0. The lowest BCUT2D eigenvalue weighted by atomic mass is 9.87. The number of aromatic hydroxyl groups is 1. The van der Waals surface area contributed by atoms with Crippen molar-refractivity contribution < 1.29 is 9.90 Å². The van der Waals surface area contributed by atoms with E-state index in [1.807, 2.05) is 6.07 Å². The van der Waals surface area contributed by atoms with Crippen LogP contribution in [0.2, 0.25) is 0 Å². The van der Waals surface area contributed by atoms with Gasteiger partial charge in [-0.05, 0) is 56.4 Å². The quantitative estimate of drug-likeness (QED) is 0.744. The molecule has 2 aliphatic heterocycles. The standard InChI is InChI=1S/C18H27N3O2/c1-18(8-9-19-12-18)13-21-10-6-14(7-11-21)17(23)20-15-4-2-3-5-16(15)22/h2-5,14,19,22H,6-13H2,1H3,(H,20,23). The Bertz CT molecular complexity index is 547. The summed E-state index contributed by atoms with van der Waals surface area (Å²) < 4.78 is 0. The molecule has 5 nitrogen and oxygen atoms in total. The molecule has 0 aliphatic carbocycles. The van der Waals surface area contributed by atoms with E-state index in [4.69, 9.17) is 0 Å². The summed E-state index contributed by atoms with van der Waals surface area (Å²) in [7, 11) is 0. The van der Waals surface area contributed by atoms with Gasteiger partial charge in [-0.2, -0.15) is 0 Å². The molecule has 126 valence electrons. The molecule has 0 aromatic heterocycles. The van der Waals surface area contributed by atoms with Gasteiger partial charge in [-0.3, -0.25) is 4.79 Å². The Kier molecular flexibility index (Phi) is 4.87. The molecule has 0 radical (unpaired) electrons. The molecule has 1 amide bonds. The van der Waals surface area contributed by atoms with Crippen LogP contribution in [0.25, 0.3) is 0 Å². The average molecular weight is 317 g/mol. The number of phenolic OH excluding ortho intramolecular Hbond substituents is 1. The summed E-state index contributed by atoms with van der Waals surface area (Å²) in [5, 5.41) is 16.1. The second-order valence-corrected chi connectivity index (χ2v) is 7.29. The van der Waals surface area contributed by atoms with Gasteiger partial charge >= 0.3 is 0 Å². The highest BCUT2D eigenvalue weighted by atomic mass is 16.3. The van der Waals surface area contributed by atoms with Gasteiger partial charge in [0.15, 0.2) is 0 Å². The molecule has 2 aliphatic rings. The maximum absolute atomic E-state index is 12.4. The number of anilines is 1. The molecule has 1 aromatic carbocycles. The third-order valence-electron chi connectivity index (χ3n) is 5.18. The maximum Gasteiger partial charge on any atom is 0.227 e. The summed E-state index contributed by atoms with van der Waals surface area (Å²) in [6.45, 7) is 7.65. The second kappa shape index (κ2) is 6.89. The number of likely N-dealkylation sites (tertiary alicyclic amines) is 1. The van der Waals surface area contributed by atoms with Crippen LogP contribution in [0.4, 0.5) is 5.69 Å². The Balaban J connectivity index is 1.48. The molecule has 3 rings (SSSR count). The molecular weight excluding hydrogens is 290 g/mol. The fraction of sp³-hybridized carbons (Fsp3) is 0.611. The van der Waals surface area contributed by atoms with Crippen LogP contribution in [0.3, 0.4) is 0 Å². The summed E-state index contributed by atoms with van der Waals surface area (Å²) in [6.07, 6.45) is 3.02. The van der Waals surface area contributed by atoms with Crippen molar-refractivity contribution in [1.29, 1.82) is 0 Å². The molecule has 0 bridgehead atoms. The van der Waals surface area contributed by atoms with Crippen LogP contribution in [0, 0.1) is 11.3 Å². The minimum absolute atomic E-state index is 0.0277. The van der Waals surface area contributed by atoms with Gasteiger partial charge in [0.05, 0.1) is 5.69 Å². The molecule has 3 N–H and O–H groups in total. The number of piperidine rings is 1. The van der Waals surface area contributed by atoms with Gasteiger partial charge < -0.3 is 20.6 Å². The molecule has 0 spiro atoms. The van der Waals surface area contributed by atoms with E-state index >= 15 is 0 Å². The number of nitrogens with zero attached hydrogens (tertiary/aromatic N) is 1. The Morgan fingerprint density at radius 1 is 1.39 bits per heavy atom. The lowest BCUT2D eigenvalue weighted by Crippen LogP contribution is -2.43. The number of hydrogen-bond acceptors (Lipinski definition) is 4. The number of para-hydroxylation sites is 2. The molecule has 1 unspecified atom stereocenters. The molecule has 5 heteroatoms. The van der Waals surface area contributed by atoms with Gasteiger partial charge in [0.1, 0.15) is 5.75 Å². The van der Waals surface area contributed by atoms with E-state index < -0.39 is 0 Å². The third kappa shape index (κ3) is 4.03. The number of carbonyl (C=O) groups is 1. The van der Waals surface area contributed by atoms with Crippen LogP contribution in [-0.4, -0.2) is 48.6 Å².